The Morgan fingerprint density at radius 3 is 3.00 bits per heavy atom. The van der Waals surface area contributed by atoms with E-state index in [2.05, 4.69) is 0 Å². The van der Waals surface area contributed by atoms with Gasteiger partial charge in [-0.25, -0.2) is 4.39 Å². The lowest BCUT2D eigenvalue weighted by atomic mass is 10.1. The van der Waals surface area contributed by atoms with Crippen molar-refractivity contribution in [3.63, 3.8) is 0 Å². The summed E-state index contributed by atoms with van der Waals surface area (Å²) >= 11 is 5.69. The molecule has 0 aromatic heterocycles. The summed E-state index contributed by atoms with van der Waals surface area (Å²) in [6.07, 6.45) is 3.27. The predicted octanol–water partition coefficient (Wildman–Crippen LogP) is 2.86. The highest BCUT2D eigenvalue weighted by Crippen LogP contribution is 2.25. The molecule has 1 aromatic rings. The number of carbonyl (C=O) groups is 1. The first-order valence-electron chi connectivity index (χ1n) is 6.50. The monoisotopic (exact) mass is 285 g/mol. The molecule has 1 unspecified atom stereocenters. The summed E-state index contributed by atoms with van der Waals surface area (Å²) in [5, 5.41) is 9.15. The van der Waals surface area contributed by atoms with Crippen molar-refractivity contribution in [2.24, 2.45) is 0 Å². The Hall–Kier alpha value is -1.13. The maximum absolute atomic E-state index is 13.8. The molecule has 0 radical (unpaired) electrons. The van der Waals surface area contributed by atoms with Crippen molar-refractivity contribution in [1.29, 1.82) is 0 Å². The number of carbonyl (C=O) groups excluding carboxylic acids is 1. The van der Waals surface area contributed by atoms with Gasteiger partial charge in [0.05, 0.1) is 5.56 Å². The first-order valence-corrected chi connectivity index (χ1v) is 6.88. The molecule has 1 aliphatic rings. The minimum absolute atomic E-state index is 0.0697. The predicted molar refractivity (Wildman–Crippen MR) is 71.8 cm³/mol. The van der Waals surface area contributed by atoms with Crippen molar-refractivity contribution in [3.05, 3.63) is 34.6 Å². The van der Waals surface area contributed by atoms with E-state index in [9.17, 15) is 9.18 Å². The normalized spacial score (nSPS) is 18.9. The summed E-state index contributed by atoms with van der Waals surface area (Å²) < 4.78 is 13.8. The highest BCUT2D eigenvalue weighted by atomic mass is 35.5. The minimum atomic E-state index is -0.578. The van der Waals surface area contributed by atoms with Gasteiger partial charge >= 0.3 is 0 Å². The molecular formula is C14H17ClFNO2. The van der Waals surface area contributed by atoms with Crippen molar-refractivity contribution in [2.75, 3.05) is 13.2 Å². The molecule has 1 atom stereocenters. The SMILES string of the molecule is O=C(c1ccc(Cl)cc1F)N1CCCC1CCCO. The number of aliphatic hydroxyl groups is 1. The molecule has 1 N–H and O–H groups in total. The molecule has 1 saturated heterocycles. The minimum Gasteiger partial charge on any atom is -0.396 e. The number of likely N-dealkylation sites (tertiary alicyclic amines) is 1. The van der Waals surface area contributed by atoms with Gasteiger partial charge < -0.3 is 10.0 Å². The second kappa shape index (κ2) is 6.35. The molecule has 1 heterocycles. The van der Waals surface area contributed by atoms with Gasteiger partial charge in [-0.1, -0.05) is 11.6 Å². The summed E-state index contributed by atoms with van der Waals surface area (Å²) in [5.74, 6) is -0.861. The van der Waals surface area contributed by atoms with Crippen LogP contribution in [0.15, 0.2) is 18.2 Å². The van der Waals surface area contributed by atoms with Gasteiger partial charge in [0.2, 0.25) is 0 Å². The zero-order valence-electron chi connectivity index (χ0n) is 10.6. The third-order valence-corrected chi connectivity index (χ3v) is 3.73. The molecule has 1 aromatic carbocycles. The van der Waals surface area contributed by atoms with Gasteiger partial charge in [-0.2, -0.15) is 0 Å². The first kappa shape index (κ1) is 14.3. The van der Waals surface area contributed by atoms with Gasteiger partial charge in [-0.05, 0) is 43.9 Å². The molecule has 0 spiro atoms. The second-order valence-electron chi connectivity index (χ2n) is 4.78. The zero-order chi connectivity index (χ0) is 13.8. The van der Waals surface area contributed by atoms with E-state index in [1.165, 1.54) is 12.1 Å². The van der Waals surface area contributed by atoms with Crippen molar-refractivity contribution in [2.45, 2.75) is 31.7 Å². The summed E-state index contributed by atoms with van der Waals surface area (Å²) in [4.78, 5) is 14.0. The van der Waals surface area contributed by atoms with Gasteiger partial charge in [0.25, 0.3) is 5.91 Å². The Kier molecular flexibility index (Phi) is 4.77. The number of benzene rings is 1. The van der Waals surface area contributed by atoms with Crippen LogP contribution < -0.4 is 0 Å². The van der Waals surface area contributed by atoms with Gasteiger partial charge in [0.15, 0.2) is 0 Å². The number of aliphatic hydroxyl groups excluding tert-OH is 1. The van der Waals surface area contributed by atoms with E-state index in [0.717, 1.165) is 25.3 Å². The summed E-state index contributed by atoms with van der Waals surface area (Å²) in [5.41, 5.74) is 0.0697. The Labute approximate surface area is 117 Å². The summed E-state index contributed by atoms with van der Waals surface area (Å²) in [7, 11) is 0. The molecule has 19 heavy (non-hydrogen) atoms. The number of hydrogen-bond acceptors (Lipinski definition) is 2. The molecule has 1 aliphatic heterocycles. The van der Waals surface area contributed by atoms with E-state index in [1.54, 1.807) is 4.90 Å². The van der Waals surface area contributed by atoms with Crippen LogP contribution >= 0.6 is 11.6 Å². The van der Waals surface area contributed by atoms with Crippen molar-refractivity contribution in [3.8, 4) is 0 Å². The lowest BCUT2D eigenvalue weighted by Gasteiger charge is -2.24. The molecule has 0 bridgehead atoms. The largest absolute Gasteiger partial charge is 0.396 e. The van der Waals surface area contributed by atoms with Crippen LogP contribution in [0, 0.1) is 5.82 Å². The Morgan fingerprint density at radius 2 is 2.32 bits per heavy atom. The van der Waals surface area contributed by atoms with E-state index in [4.69, 9.17) is 16.7 Å². The van der Waals surface area contributed by atoms with E-state index < -0.39 is 5.82 Å². The Morgan fingerprint density at radius 1 is 1.53 bits per heavy atom. The van der Waals surface area contributed by atoms with E-state index >= 15 is 0 Å². The van der Waals surface area contributed by atoms with Crippen molar-refractivity contribution < 1.29 is 14.3 Å². The fourth-order valence-electron chi connectivity index (χ4n) is 2.55. The molecule has 0 aliphatic carbocycles. The van der Waals surface area contributed by atoms with Gasteiger partial charge in [0.1, 0.15) is 5.82 Å². The highest BCUT2D eigenvalue weighted by Gasteiger charge is 2.30. The van der Waals surface area contributed by atoms with Crippen LogP contribution in [0.25, 0.3) is 0 Å². The van der Waals surface area contributed by atoms with E-state index in [0.29, 0.717) is 13.0 Å². The van der Waals surface area contributed by atoms with Crippen LogP contribution in [0.3, 0.4) is 0 Å². The average Bonchev–Trinajstić information content (AvgIpc) is 2.83. The van der Waals surface area contributed by atoms with Gasteiger partial charge in [0, 0.05) is 24.2 Å². The summed E-state index contributed by atoms with van der Waals surface area (Å²) in [6, 6.07) is 4.22. The quantitative estimate of drug-likeness (QED) is 0.924. The van der Waals surface area contributed by atoms with Crippen LogP contribution in [-0.4, -0.2) is 35.1 Å². The van der Waals surface area contributed by atoms with Crippen LogP contribution in [0.1, 0.15) is 36.0 Å². The Bertz CT molecular complexity index is 467. The molecule has 1 fully saturated rings. The Balaban J connectivity index is 2.13. The molecule has 0 saturated carbocycles. The maximum atomic E-state index is 13.8. The molecule has 3 nitrogen and oxygen atoms in total. The lowest BCUT2D eigenvalue weighted by molar-refractivity contribution is 0.0719. The molecular weight excluding hydrogens is 269 g/mol. The standard InChI is InChI=1S/C14H17ClFNO2/c15-10-5-6-12(13(16)9-10)14(19)17-7-1-3-11(17)4-2-8-18/h5-6,9,11,18H,1-4,7-8H2. The topological polar surface area (TPSA) is 40.5 Å². The number of nitrogens with zero attached hydrogens (tertiary/aromatic N) is 1. The zero-order valence-corrected chi connectivity index (χ0v) is 11.4. The van der Waals surface area contributed by atoms with Crippen LogP contribution in [0.4, 0.5) is 4.39 Å². The molecule has 104 valence electrons. The number of rotatable bonds is 4. The van der Waals surface area contributed by atoms with E-state index in [-0.39, 0.29) is 29.1 Å². The molecule has 5 heteroatoms. The average molecular weight is 286 g/mol. The van der Waals surface area contributed by atoms with Crippen LogP contribution in [-0.2, 0) is 0 Å². The van der Waals surface area contributed by atoms with E-state index in [1.807, 2.05) is 0 Å². The fraction of sp³-hybridized carbons (Fsp3) is 0.500. The number of hydrogen-bond donors (Lipinski definition) is 1. The summed E-state index contributed by atoms with van der Waals surface area (Å²) in [6.45, 7) is 0.769. The molecule has 1 amide bonds. The number of amides is 1. The first-order chi connectivity index (χ1) is 9.13. The smallest absolute Gasteiger partial charge is 0.257 e. The third kappa shape index (κ3) is 3.25. The highest BCUT2D eigenvalue weighted by molar-refractivity contribution is 6.30. The lowest BCUT2D eigenvalue weighted by Crippen LogP contribution is -2.36. The van der Waals surface area contributed by atoms with Crippen LogP contribution in [0.2, 0.25) is 5.02 Å². The maximum Gasteiger partial charge on any atom is 0.257 e. The fourth-order valence-corrected chi connectivity index (χ4v) is 2.71. The van der Waals surface area contributed by atoms with Crippen molar-refractivity contribution in [1.82, 2.24) is 4.90 Å². The van der Waals surface area contributed by atoms with Gasteiger partial charge in [-0.15, -0.1) is 0 Å². The van der Waals surface area contributed by atoms with Crippen molar-refractivity contribution >= 4 is 17.5 Å². The second-order valence-corrected chi connectivity index (χ2v) is 5.22. The molecule has 2 rings (SSSR count). The number of halogens is 2. The third-order valence-electron chi connectivity index (χ3n) is 3.50. The van der Waals surface area contributed by atoms with Gasteiger partial charge in [-0.3, -0.25) is 4.79 Å². The van der Waals surface area contributed by atoms with Crippen LogP contribution in [0.5, 0.6) is 0 Å².